The van der Waals surface area contributed by atoms with Crippen molar-refractivity contribution in [1.29, 1.82) is 0 Å². The highest BCUT2D eigenvalue weighted by Gasteiger charge is 2.30. The Balaban J connectivity index is 1.64. The fourth-order valence-corrected chi connectivity index (χ4v) is 3.31. The highest BCUT2D eigenvalue weighted by molar-refractivity contribution is 9.10. The summed E-state index contributed by atoms with van der Waals surface area (Å²) in [5.41, 5.74) is 3.92. The lowest BCUT2D eigenvalue weighted by Gasteiger charge is -2.14. The number of nitrogens with one attached hydrogen (secondary N) is 1. The first-order valence-corrected chi connectivity index (χ1v) is 10.4. The van der Waals surface area contributed by atoms with Gasteiger partial charge in [0.05, 0.1) is 17.8 Å². The van der Waals surface area contributed by atoms with Crippen LogP contribution in [0.4, 0.5) is 13.2 Å². The monoisotopic (exact) mass is 538 g/mol. The van der Waals surface area contributed by atoms with Gasteiger partial charge >= 0.3 is 6.36 Å². The number of rotatable bonds is 8. The number of hydrogen-bond donors (Lipinski definition) is 2. The summed E-state index contributed by atoms with van der Waals surface area (Å²) < 4.78 is 52.4. The zero-order valence-corrected chi connectivity index (χ0v) is 19.2. The van der Waals surface area contributed by atoms with Crippen LogP contribution in [0.1, 0.15) is 21.5 Å². The largest absolute Gasteiger partial charge is 0.573 e. The van der Waals surface area contributed by atoms with Gasteiger partial charge in [0.2, 0.25) is 0 Å². The van der Waals surface area contributed by atoms with Gasteiger partial charge in [-0.25, -0.2) is 5.43 Å². The number of carbonyl (C=O) groups excluding carboxylic acids is 1. The van der Waals surface area contributed by atoms with Gasteiger partial charge in [-0.05, 0) is 75.6 Å². The van der Waals surface area contributed by atoms with Gasteiger partial charge in [0.15, 0.2) is 11.5 Å². The van der Waals surface area contributed by atoms with E-state index in [1.807, 2.05) is 0 Å². The number of alkyl halides is 3. The van der Waals surface area contributed by atoms with Crippen LogP contribution in [-0.4, -0.2) is 30.7 Å². The van der Waals surface area contributed by atoms with Crippen LogP contribution >= 0.6 is 15.9 Å². The van der Waals surface area contributed by atoms with Crippen molar-refractivity contribution < 1.29 is 37.3 Å². The number of ether oxygens (including phenoxy) is 3. The second kappa shape index (κ2) is 10.9. The Morgan fingerprint density at radius 3 is 2.41 bits per heavy atom. The van der Waals surface area contributed by atoms with Crippen LogP contribution in [0.15, 0.2) is 70.2 Å². The van der Waals surface area contributed by atoms with Crippen LogP contribution in [0.25, 0.3) is 0 Å². The number of nitrogens with zero attached hydrogens (tertiary/aromatic N) is 1. The number of phenolic OH excluding ortho intramolecular Hbond substituents is 1. The van der Waals surface area contributed by atoms with E-state index in [0.29, 0.717) is 32.7 Å². The molecule has 34 heavy (non-hydrogen) atoms. The Hall–Kier alpha value is -3.73. The Kier molecular flexibility index (Phi) is 8.00. The third kappa shape index (κ3) is 7.14. The number of phenols is 1. The Bertz CT molecular complexity index is 1170. The molecule has 0 aromatic heterocycles. The maximum Gasteiger partial charge on any atom is 0.573 e. The van der Waals surface area contributed by atoms with E-state index in [1.165, 1.54) is 61.9 Å². The maximum absolute atomic E-state index is 12.3. The molecule has 0 spiro atoms. The van der Waals surface area contributed by atoms with Crippen molar-refractivity contribution in [1.82, 2.24) is 5.43 Å². The standard InChI is InChI=1S/C23H18BrF3N2O5/c1-32-20-11-15(12-28-29-22(31)16-4-6-17(30)7-5-16)10-19(24)21(20)33-13-14-2-8-18(9-3-14)34-23(25,26)27/h2-12,30H,13H2,1H3,(H,29,31). The fourth-order valence-electron chi connectivity index (χ4n) is 2.74. The molecule has 0 unspecified atom stereocenters. The Morgan fingerprint density at radius 1 is 1.12 bits per heavy atom. The van der Waals surface area contributed by atoms with Gasteiger partial charge in [-0.15, -0.1) is 13.2 Å². The molecule has 0 saturated heterocycles. The van der Waals surface area contributed by atoms with Crippen molar-refractivity contribution >= 4 is 28.1 Å². The molecular formula is C23H18BrF3N2O5. The van der Waals surface area contributed by atoms with E-state index < -0.39 is 12.3 Å². The Morgan fingerprint density at radius 2 is 1.79 bits per heavy atom. The summed E-state index contributed by atoms with van der Waals surface area (Å²) in [6, 6.07) is 14.3. The average Bonchev–Trinajstić information content (AvgIpc) is 2.78. The SMILES string of the molecule is COc1cc(C=NNC(=O)c2ccc(O)cc2)cc(Br)c1OCc1ccc(OC(F)(F)F)cc1. The molecule has 2 N–H and O–H groups in total. The molecule has 0 saturated carbocycles. The second-order valence-electron chi connectivity index (χ2n) is 6.76. The molecule has 3 rings (SSSR count). The normalized spacial score (nSPS) is 11.3. The third-order valence-corrected chi connectivity index (χ3v) is 4.89. The van der Waals surface area contributed by atoms with Crippen LogP contribution in [-0.2, 0) is 6.61 Å². The summed E-state index contributed by atoms with van der Waals surface area (Å²) in [7, 11) is 1.45. The Labute approximate surface area is 200 Å². The average molecular weight is 539 g/mol. The predicted molar refractivity (Wildman–Crippen MR) is 121 cm³/mol. The number of methoxy groups -OCH3 is 1. The van der Waals surface area contributed by atoms with E-state index in [0.717, 1.165) is 0 Å². The van der Waals surface area contributed by atoms with Crippen molar-refractivity contribution in [2.24, 2.45) is 5.10 Å². The van der Waals surface area contributed by atoms with Crippen LogP contribution < -0.4 is 19.6 Å². The van der Waals surface area contributed by atoms with Gasteiger partial charge in [-0.3, -0.25) is 4.79 Å². The van der Waals surface area contributed by atoms with E-state index in [1.54, 1.807) is 12.1 Å². The topological polar surface area (TPSA) is 89.4 Å². The van der Waals surface area contributed by atoms with Crippen molar-refractivity contribution in [3.8, 4) is 23.0 Å². The zero-order valence-electron chi connectivity index (χ0n) is 17.6. The molecular weight excluding hydrogens is 521 g/mol. The summed E-state index contributed by atoms with van der Waals surface area (Å²) in [4.78, 5) is 12.1. The molecule has 1 amide bonds. The van der Waals surface area contributed by atoms with Crippen LogP contribution in [0.3, 0.4) is 0 Å². The molecule has 0 heterocycles. The van der Waals surface area contributed by atoms with Crippen LogP contribution in [0.5, 0.6) is 23.0 Å². The van der Waals surface area contributed by atoms with Crippen molar-refractivity contribution in [3.63, 3.8) is 0 Å². The van der Waals surface area contributed by atoms with E-state index >= 15 is 0 Å². The van der Waals surface area contributed by atoms with Gasteiger partial charge in [0.1, 0.15) is 18.1 Å². The van der Waals surface area contributed by atoms with Gasteiger partial charge < -0.3 is 19.3 Å². The predicted octanol–water partition coefficient (Wildman–Crippen LogP) is 5.40. The molecule has 178 valence electrons. The molecule has 0 atom stereocenters. The first-order chi connectivity index (χ1) is 16.1. The highest BCUT2D eigenvalue weighted by atomic mass is 79.9. The number of halogens is 4. The zero-order chi connectivity index (χ0) is 24.7. The molecule has 0 fully saturated rings. The van der Waals surface area contributed by atoms with Crippen LogP contribution in [0.2, 0.25) is 0 Å². The minimum atomic E-state index is -4.75. The first-order valence-electron chi connectivity index (χ1n) is 9.62. The fraction of sp³-hybridized carbons (Fsp3) is 0.130. The van der Waals surface area contributed by atoms with Crippen molar-refractivity contribution in [2.75, 3.05) is 7.11 Å². The molecule has 0 radical (unpaired) electrons. The molecule has 11 heteroatoms. The van der Waals surface area contributed by atoms with Gasteiger partial charge in [-0.2, -0.15) is 5.10 Å². The summed E-state index contributed by atoms with van der Waals surface area (Å²) in [6.07, 6.45) is -3.34. The lowest BCUT2D eigenvalue weighted by Crippen LogP contribution is -2.17. The molecule has 3 aromatic rings. The van der Waals surface area contributed by atoms with E-state index in [9.17, 15) is 23.1 Å². The number of hydrogen-bond acceptors (Lipinski definition) is 6. The molecule has 7 nitrogen and oxygen atoms in total. The lowest BCUT2D eigenvalue weighted by molar-refractivity contribution is -0.274. The van der Waals surface area contributed by atoms with Crippen LogP contribution in [0, 0.1) is 0 Å². The summed E-state index contributed by atoms with van der Waals surface area (Å²) in [5.74, 6) is 0.0259. The number of hydrazone groups is 1. The maximum atomic E-state index is 12.3. The number of aromatic hydroxyl groups is 1. The van der Waals surface area contributed by atoms with E-state index in [2.05, 4.69) is 31.2 Å². The molecule has 0 bridgehead atoms. The number of benzene rings is 3. The summed E-state index contributed by atoms with van der Waals surface area (Å²) in [6.45, 7) is 0.0668. The lowest BCUT2D eigenvalue weighted by atomic mass is 10.2. The first kappa shape index (κ1) is 24.9. The van der Waals surface area contributed by atoms with E-state index in [-0.39, 0.29) is 18.1 Å². The van der Waals surface area contributed by atoms with E-state index in [4.69, 9.17) is 9.47 Å². The quantitative estimate of drug-likeness (QED) is 0.296. The summed E-state index contributed by atoms with van der Waals surface area (Å²) >= 11 is 3.40. The minimum absolute atomic E-state index is 0.0480. The van der Waals surface area contributed by atoms with Gasteiger partial charge in [0.25, 0.3) is 5.91 Å². The highest BCUT2D eigenvalue weighted by Crippen LogP contribution is 2.37. The smallest absolute Gasteiger partial charge is 0.508 e. The van der Waals surface area contributed by atoms with Crippen molar-refractivity contribution in [2.45, 2.75) is 13.0 Å². The number of amides is 1. The number of carbonyl (C=O) groups is 1. The molecule has 0 aliphatic rings. The van der Waals surface area contributed by atoms with Crippen molar-refractivity contribution in [3.05, 3.63) is 81.8 Å². The molecule has 0 aliphatic carbocycles. The molecule has 0 aliphatic heterocycles. The van der Waals surface area contributed by atoms with Gasteiger partial charge in [-0.1, -0.05) is 12.1 Å². The summed E-state index contributed by atoms with van der Waals surface area (Å²) in [5, 5.41) is 13.2. The third-order valence-electron chi connectivity index (χ3n) is 4.30. The minimum Gasteiger partial charge on any atom is -0.508 e. The molecule has 3 aromatic carbocycles. The second-order valence-corrected chi connectivity index (χ2v) is 7.61. The van der Waals surface area contributed by atoms with Gasteiger partial charge in [0, 0.05) is 5.56 Å².